The van der Waals surface area contributed by atoms with Crippen LogP contribution in [-0.2, 0) is 4.74 Å². The van der Waals surface area contributed by atoms with Gasteiger partial charge >= 0.3 is 5.69 Å². The summed E-state index contributed by atoms with van der Waals surface area (Å²) in [4.78, 5) is 11.1. The number of nitrogens with zero attached hydrogens (tertiary/aromatic N) is 1. The van der Waals surface area contributed by atoms with E-state index in [1.54, 1.807) is 18.2 Å². The summed E-state index contributed by atoms with van der Waals surface area (Å²) in [6, 6.07) is 15.3. The average Bonchev–Trinajstić information content (AvgIpc) is 2.67. The van der Waals surface area contributed by atoms with E-state index in [2.05, 4.69) is 17.4 Å². The zero-order valence-corrected chi connectivity index (χ0v) is 14.9. The molecule has 1 heterocycles. The van der Waals surface area contributed by atoms with Gasteiger partial charge in [-0.2, -0.15) is 0 Å². The van der Waals surface area contributed by atoms with Crippen LogP contribution in [-0.4, -0.2) is 24.7 Å². The van der Waals surface area contributed by atoms with Crippen LogP contribution < -0.4 is 10.1 Å². The predicted molar refractivity (Wildman–Crippen MR) is 101 cm³/mol. The molecule has 0 spiro atoms. The Morgan fingerprint density at radius 1 is 1.23 bits per heavy atom. The summed E-state index contributed by atoms with van der Waals surface area (Å²) >= 11 is 0. The number of ether oxygens (including phenoxy) is 2. The molecule has 1 aliphatic heterocycles. The summed E-state index contributed by atoms with van der Waals surface area (Å²) in [5, 5.41) is 14.8. The van der Waals surface area contributed by atoms with Crippen molar-refractivity contribution in [3.05, 3.63) is 64.2 Å². The number of hydrogen-bond acceptors (Lipinski definition) is 5. The highest BCUT2D eigenvalue weighted by atomic mass is 16.6. The van der Waals surface area contributed by atoms with Crippen molar-refractivity contribution in [2.75, 3.05) is 25.1 Å². The zero-order chi connectivity index (χ0) is 18.4. The molecule has 1 saturated heterocycles. The summed E-state index contributed by atoms with van der Waals surface area (Å²) in [7, 11) is 0. The molecule has 2 aromatic rings. The van der Waals surface area contributed by atoms with Gasteiger partial charge in [0.25, 0.3) is 0 Å². The van der Waals surface area contributed by atoms with Crippen molar-refractivity contribution in [2.24, 2.45) is 5.92 Å². The monoisotopic (exact) mass is 356 g/mol. The summed E-state index contributed by atoms with van der Waals surface area (Å²) in [6.07, 6.45) is 2.02. The van der Waals surface area contributed by atoms with Gasteiger partial charge in [-0.3, -0.25) is 10.1 Å². The van der Waals surface area contributed by atoms with E-state index in [1.165, 1.54) is 0 Å². The van der Waals surface area contributed by atoms with Gasteiger partial charge in [0, 0.05) is 19.1 Å². The van der Waals surface area contributed by atoms with Crippen molar-refractivity contribution < 1.29 is 14.4 Å². The van der Waals surface area contributed by atoms with Crippen LogP contribution in [0.3, 0.4) is 0 Å². The first-order valence-corrected chi connectivity index (χ1v) is 9.01. The minimum absolute atomic E-state index is 0.00609. The van der Waals surface area contributed by atoms with Crippen LogP contribution >= 0.6 is 0 Å². The standard InChI is InChI=1S/C20H24N2O4/c1-2-25-18-12-6-11-17(19(18)22(23)24)21-14-16-10-7-13-26-20(16)15-8-4-3-5-9-15/h3-6,8-9,11-12,16,20-21H,2,7,10,13-14H2,1H3. The Morgan fingerprint density at radius 2 is 2.04 bits per heavy atom. The SMILES string of the molecule is CCOc1cccc(NCC2CCCOC2c2ccccc2)c1[N+](=O)[O-]. The molecule has 2 atom stereocenters. The second-order valence-corrected chi connectivity index (χ2v) is 6.33. The molecular formula is C20H24N2O4. The van der Waals surface area contributed by atoms with Gasteiger partial charge in [0.05, 0.1) is 17.6 Å². The van der Waals surface area contributed by atoms with Crippen molar-refractivity contribution in [3.63, 3.8) is 0 Å². The van der Waals surface area contributed by atoms with Crippen molar-refractivity contribution in [1.82, 2.24) is 0 Å². The third-order valence-electron chi connectivity index (χ3n) is 4.61. The Kier molecular flexibility index (Phi) is 6.07. The molecule has 0 aliphatic carbocycles. The van der Waals surface area contributed by atoms with Crippen LogP contribution in [0.4, 0.5) is 11.4 Å². The topological polar surface area (TPSA) is 73.6 Å². The maximum Gasteiger partial charge on any atom is 0.333 e. The summed E-state index contributed by atoms with van der Waals surface area (Å²) < 4.78 is 11.4. The minimum Gasteiger partial charge on any atom is -0.487 e. The molecule has 138 valence electrons. The average molecular weight is 356 g/mol. The van der Waals surface area contributed by atoms with E-state index < -0.39 is 0 Å². The Hall–Kier alpha value is -2.60. The lowest BCUT2D eigenvalue weighted by molar-refractivity contribution is -0.384. The number of hydrogen-bond donors (Lipinski definition) is 1. The van der Waals surface area contributed by atoms with E-state index in [4.69, 9.17) is 9.47 Å². The Bertz CT molecular complexity index is 736. The van der Waals surface area contributed by atoms with E-state index in [-0.39, 0.29) is 22.6 Å². The van der Waals surface area contributed by atoms with Crippen LogP contribution in [0.1, 0.15) is 31.4 Å². The molecule has 0 radical (unpaired) electrons. The first-order valence-electron chi connectivity index (χ1n) is 9.01. The fourth-order valence-electron chi connectivity index (χ4n) is 3.43. The molecule has 1 fully saturated rings. The van der Waals surface area contributed by atoms with Crippen molar-refractivity contribution >= 4 is 11.4 Å². The quantitative estimate of drug-likeness (QED) is 0.581. The zero-order valence-electron chi connectivity index (χ0n) is 14.9. The molecule has 1 N–H and O–H groups in total. The van der Waals surface area contributed by atoms with Crippen molar-refractivity contribution in [1.29, 1.82) is 0 Å². The van der Waals surface area contributed by atoms with Gasteiger partial charge in [0.15, 0.2) is 5.75 Å². The third kappa shape index (κ3) is 4.14. The summed E-state index contributed by atoms with van der Waals surface area (Å²) in [5.41, 5.74) is 1.62. The largest absolute Gasteiger partial charge is 0.487 e. The van der Waals surface area contributed by atoms with E-state index >= 15 is 0 Å². The Balaban J connectivity index is 1.77. The molecule has 2 aromatic carbocycles. The number of anilines is 1. The molecule has 2 unspecified atom stereocenters. The van der Waals surface area contributed by atoms with Gasteiger partial charge in [0.1, 0.15) is 5.69 Å². The fourth-order valence-corrected chi connectivity index (χ4v) is 3.43. The Labute approximate surface area is 153 Å². The molecule has 0 saturated carbocycles. The number of nitrogens with one attached hydrogen (secondary N) is 1. The molecule has 3 rings (SSSR count). The first-order chi connectivity index (χ1) is 12.7. The van der Waals surface area contributed by atoms with Crippen molar-refractivity contribution in [3.8, 4) is 5.75 Å². The van der Waals surface area contributed by atoms with Crippen LogP contribution in [0, 0.1) is 16.0 Å². The number of para-hydroxylation sites is 1. The smallest absolute Gasteiger partial charge is 0.333 e. The van der Waals surface area contributed by atoms with Gasteiger partial charge in [0.2, 0.25) is 0 Å². The highest BCUT2D eigenvalue weighted by molar-refractivity contribution is 5.68. The molecule has 0 bridgehead atoms. The molecule has 0 aromatic heterocycles. The lowest BCUT2D eigenvalue weighted by atomic mass is 9.89. The van der Waals surface area contributed by atoms with Gasteiger partial charge in [-0.05, 0) is 37.5 Å². The number of nitro groups is 1. The van der Waals surface area contributed by atoms with E-state index in [0.29, 0.717) is 24.6 Å². The molecule has 0 amide bonds. The second-order valence-electron chi connectivity index (χ2n) is 6.33. The van der Waals surface area contributed by atoms with E-state index in [9.17, 15) is 10.1 Å². The fraction of sp³-hybridized carbons (Fsp3) is 0.400. The number of rotatable bonds is 7. The van der Waals surface area contributed by atoms with Crippen LogP contribution in [0.2, 0.25) is 0 Å². The Morgan fingerprint density at radius 3 is 2.77 bits per heavy atom. The lowest BCUT2D eigenvalue weighted by Gasteiger charge is -2.32. The highest BCUT2D eigenvalue weighted by Gasteiger charge is 2.28. The normalized spacial score (nSPS) is 19.7. The van der Waals surface area contributed by atoms with E-state index in [0.717, 1.165) is 25.0 Å². The number of nitro benzene ring substituents is 1. The first kappa shape index (κ1) is 18.2. The van der Waals surface area contributed by atoms with Gasteiger partial charge in [-0.15, -0.1) is 0 Å². The molecular weight excluding hydrogens is 332 g/mol. The van der Waals surface area contributed by atoms with E-state index in [1.807, 2.05) is 25.1 Å². The highest BCUT2D eigenvalue weighted by Crippen LogP contribution is 2.37. The third-order valence-corrected chi connectivity index (χ3v) is 4.61. The minimum atomic E-state index is -0.390. The maximum absolute atomic E-state index is 11.5. The molecule has 6 nitrogen and oxygen atoms in total. The summed E-state index contributed by atoms with van der Waals surface area (Å²) in [5.74, 6) is 0.545. The van der Waals surface area contributed by atoms with Crippen LogP contribution in [0.25, 0.3) is 0 Å². The lowest BCUT2D eigenvalue weighted by Crippen LogP contribution is -2.28. The second kappa shape index (κ2) is 8.67. The van der Waals surface area contributed by atoms with Gasteiger partial charge < -0.3 is 14.8 Å². The predicted octanol–water partition coefficient (Wildman–Crippen LogP) is 4.57. The molecule has 1 aliphatic rings. The number of benzene rings is 2. The molecule has 26 heavy (non-hydrogen) atoms. The molecule has 6 heteroatoms. The van der Waals surface area contributed by atoms with Crippen molar-refractivity contribution in [2.45, 2.75) is 25.9 Å². The van der Waals surface area contributed by atoms with Gasteiger partial charge in [-0.1, -0.05) is 36.4 Å². The maximum atomic E-state index is 11.5. The van der Waals surface area contributed by atoms with Gasteiger partial charge in [-0.25, -0.2) is 0 Å². The summed E-state index contributed by atoms with van der Waals surface area (Å²) in [6.45, 7) is 3.55. The van der Waals surface area contributed by atoms with Crippen LogP contribution in [0.5, 0.6) is 5.75 Å². The van der Waals surface area contributed by atoms with Crippen LogP contribution in [0.15, 0.2) is 48.5 Å².